The number of hydrogen-bond donors (Lipinski definition) is 0. The lowest BCUT2D eigenvalue weighted by Crippen LogP contribution is -2.22. The topological polar surface area (TPSA) is 9.23 Å². The molecule has 1 aromatic rings. The Morgan fingerprint density at radius 1 is 1.23 bits per heavy atom. The second-order valence-corrected chi connectivity index (χ2v) is 4.54. The van der Waals surface area contributed by atoms with Gasteiger partial charge in [-0.1, -0.05) is 46.3 Å². The molecule has 0 radical (unpaired) electrons. The van der Waals surface area contributed by atoms with Crippen molar-refractivity contribution in [2.75, 3.05) is 6.61 Å². The van der Waals surface area contributed by atoms with E-state index in [1.165, 1.54) is 18.4 Å². The van der Waals surface area contributed by atoms with Crippen LogP contribution in [0.2, 0.25) is 0 Å². The van der Waals surface area contributed by atoms with E-state index in [-0.39, 0.29) is 6.10 Å². The molecular formula is C11H13BrO. The molecule has 0 aromatic heterocycles. The van der Waals surface area contributed by atoms with Gasteiger partial charge in [0.1, 0.15) is 0 Å². The van der Waals surface area contributed by atoms with Gasteiger partial charge in [0, 0.05) is 11.4 Å². The van der Waals surface area contributed by atoms with Crippen molar-refractivity contribution in [3.63, 3.8) is 0 Å². The van der Waals surface area contributed by atoms with Crippen molar-refractivity contribution in [1.29, 1.82) is 0 Å². The predicted molar refractivity (Wildman–Crippen MR) is 57.1 cm³/mol. The second kappa shape index (κ2) is 4.25. The summed E-state index contributed by atoms with van der Waals surface area (Å²) in [6.45, 7) is 0.891. The van der Waals surface area contributed by atoms with Crippen LogP contribution in [0.1, 0.15) is 24.5 Å². The average molecular weight is 241 g/mol. The monoisotopic (exact) mass is 240 g/mol. The first-order chi connectivity index (χ1) is 6.38. The molecule has 1 nitrogen and oxygen atoms in total. The molecule has 0 spiro atoms. The summed E-state index contributed by atoms with van der Waals surface area (Å²) in [5.74, 6) is 0. The van der Waals surface area contributed by atoms with Crippen molar-refractivity contribution in [3.8, 4) is 0 Å². The van der Waals surface area contributed by atoms with Crippen molar-refractivity contribution in [1.82, 2.24) is 0 Å². The number of rotatable bonds is 1. The summed E-state index contributed by atoms with van der Waals surface area (Å²) in [5, 5.41) is 0. The zero-order chi connectivity index (χ0) is 9.10. The fourth-order valence-electron chi connectivity index (χ4n) is 1.69. The van der Waals surface area contributed by atoms with Gasteiger partial charge < -0.3 is 4.74 Å². The first kappa shape index (κ1) is 9.22. The highest BCUT2D eigenvalue weighted by atomic mass is 79.9. The number of ether oxygens (including phenoxy) is 1. The third kappa shape index (κ3) is 2.12. The van der Waals surface area contributed by atoms with E-state index in [1.807, 2.05) is 6.07 Å². The van der Waals surface area contributed by atoms with E-state index >= 15 is 0 Å². The summed E-state index contributed by atoms with van der Waals surface area (Å²) in [4.78, 5) is 0.476. The van der Waals surface area contributed by atoms with E-state index < -0.39 is 0 Å². The zero-order valence-corrected chi connectivity index (χ0v) is 9.03. The molecule has 0 N–H and O–H groups in total. The van der Waals surface area contributed by atoms with Crippen LogP contribution in [-0.2, 0) is 4.74 Å². The quantitative estimate of drug-likeness (QED) is 0.685. The van der Waals surface area contributed by atoms with Crippen molar-refractivity contribution < 1.29 is 4.74 Å². The lowest BCUT2D eigenvalue weighted by Gasteiger charge is -2.28. The lowest BCUT2D eigenvalue weighted by atomic mass is 10.0. The summed E-state index contributed by atoms with van der Waals surface area (Å²) in [5.41, 5.74) is 1.28. The van der Waals surface area contributed by atoms with Crippen LogP contribution in [-0.4, -0.2) is 11.4 Å². The van der Waals surface area contributed by atoms with Crippen LogP contribution in [0, 0.1) is 0 Å². The molecule has 0 bridgehead atoms. The molecule has 0 amide bonds. The molecule has 70 valence electrons. The third-order valence-electron chi connectivity index (χ3n) is 2.38. The van der Waals surface area contributed by atoms with Gasteiger partial charge in [0.25, 0.3) is 0 Å². The van der Waals surface area contributed by atoms with Gasteiger partial charge in [0.15, 0.2) is 0 Å². The van der Waals surface area contributed by atoms with Gasteiger partial charge in [0.05, 0.1) is 6.10 Å². The summed E-state index contributed by atoms with van der Waals surface area (Å²) < 4.78 is 5.73. The molecule has 1 fully saturated rings. The van der Waals surface area contributed by atoms with Gasteiger partial charge in [-0.3, -0.25) is 0 Å². The van der Waals surface area contributed by atoms with Crippen LogP contribution in [0.3, 0.4) is 0 Å². The van der Waals surface area contributed by atoms with Crippen LogP contribution in [0.5, 0.6) is 0 Å². The Morgan fingerprint density at radius 3 is 2.69 bits per heavy atom. The molecule has 1 saturated heterocycles. The largest absolute Gasteiger partial charge is 0.372 e. The Labute approximate surface area is 87.2 Å². The van der Waals surface area contributed by atoms with Gasteiger partial charge in [-0.05, 0) is 18.4 Å². The molecular weight excluding hydrogens is 228 g/mol. The Hall–Kier alpha value is -0.340. The average Bonchev–Trinajstić information content (AvgIpc) is 2.20. The van der Waals surface area contributed by atoms with E-state index in [1.54, 1.807) is 0 Å². The summed E-state index contributed by atoms with van der Waals surface area (Å²) >= 11 is 3.67. The van der Waals surface area contributed by atoms with Gasteiger partial charge in [-0.2, -0.15) is 0 Å². The number of alkyl halides is 1. The van der Waals surface area contributed by atoms with E-state index in [4.69, 9.17) is 4.74 Å². The first-order valence-electron chi connectivity index (χ1n) is 4.68. The number of benzene rings is 1. The summed E-state index contributed by atoms with van der Waals surface area (Å²) in [6.07, 6.45) is 2.62. The smallest absolute Gasteiger partial charge is 0.0949 e. The highest BCUT2D eigenvalue weighted by molar-refractivity contribution is 9.09. The molecule has 0 saturated carbocycles. The fraction of sp³-hybridized carbons (Fsp3) is 0.455. The Kier molecular flexibility index (Phi) is 3.01. The highest BCUT2D eigenvalue weighted by Crippen LogP contribution is 2.32. The summed E-state index contributed by atoms with van der Waals surface area (Å²) in [7, 11) is 0. The normalized spacial score (nSPS) is 28.7. The Morgan fingerprint density at radius 2 is 2.00 bits per heavy atom. The number of halogens is 1. The van der Waals surface area contributed by atoms with Crippen LogP contribution < -0.4 is 0 Å². The zero-order valence-electron chi connectivity index (χ0n) is 7.45. The molecule has 0 aliphatic carbocycles. The predicted octanol–water partition coefficient (Wildman–Crippen LogP) is 3.30. The minimum Gasteiger partial charge on any atom is -0.372 e. The SMILES string of the molecule is Br[C@@H]1CCCO[C@H]1c1ccccc1. The Bertz CT molecular complexity index is 260. The minimum atomic E-state index is 0.245. The van der Waals surface area contributed by atoms with Crippen molar-refractivity contribution >= 4 is 15.9 Å². The molecule has 1 aliphatic heterocycles. The molecule has 2 rings (SSSR count). The van der Waals surface area contributed by atoms with Crippen molar-refractivity contribution in [3.05, 3.63) is 35.9 Å². The highest BCUT2D eigenvalue weighted by Gasteiger charge is 2.24. The molecule has 1 aliphatic rings. The van der Waals surface area contributed by atoms with E-state index in [0.29, 0.717) is 4.83 Å². The van der Waals surface area contributed by atoms with Gasteiger partial charge in [-0.15, -0.1) is 0 Å². The maximum Gasteiger partial charge on any atom is 0.0949 e. The minimum absolute atomic E-state index is 0.245. The second-order valence-electron chi connectivity index (χ2n) is 3.36. The van der Waals surface area contributed by atoms with Crippen LogP contribution in [0.15, 0.2) is 30.3 Å². The molecule has 1 aromatic carbocycles. The molecule has 1 heterocycles. The third-order valence-corrected chi connectivity index (χ3v) is 3.32. The van der Waals surface area contributed by atoms with Crippen molar-refractivity contribution in [2.24, 2.45) is 0 Å². The molecule has 0 unspecified atom stereocenters. The van der Waals surface area contributed by atoms with Crippen molar-refractivity contribution in [2.45, 2.75) is 23.8 Å². The van der Waals surface area contributed by atoms with Crippen LogP contribution in [0.25, 0.3) is 0 Å². The van der Waals surface area contributed by atoms with Gasteiger partial charge in [-0.25, -0.2) is 0 Å². The molecule has 13 heavy (non-hydrogen) atoms. The van der Waals surface area contributed by atoms with E-state index in [2.05, 4.69) is 40.2 Å². The standard InChI is InChI=1S/C11H13BrO/c12-10-7-4-8-13-11(10)9-5-2-1-3-6-9/h1-3,5-6,10-11H,4,7-8H2/t10-,11+/m1/s1. The lowest BCUT2D eigenvalue weighted by molar-refractivity contribution is 0.0218. The van der Waals surface area contributed by atoms with Gasteiger partial charge in [0.2, 0.25) is 0 Å². The molecule has 2 atom stereocenters. The maximum atomic E-state index is 5.73. The summed E-state index contributed by atoms with van der Waals surface area (Å²) in [6, 6.07) is 10.4. The van der Waals surface area contributed by atoms with E-state index in [9.17, 15) is 0 Å². The van der Waals surface area contributed by atoms with Crippen LogP contribution >= 0.6 is 15.9 Å². The first-order valence-corrected chi connectivity index (χ1v) is 5.60. The maximum absolute atomic E-state index is 5.73. The molecule has 2 heteroatoms. The number of hydrogen-bond acceptors (Lipinski definition) is 1. The van der Waals surface area contributed by atoms with Gasteiger partial charge >= 0.3 is 0 Å². The fourth-order valence-corrected chi connectivity index (χ4v) is 2.47. The Balaban J connectivity index is 2.15. The van der Waals surface area contributed by atoms with Crippen LogP contribution in [0.4, 0.5) is 0 Å². The van der Waals surface area contributed by atoms with E-state index in [0.717, 1.165) is 6.61 Å².